The maximum absolute atomic E-state index is 11.6. The summed E-state index contributed by atoms with van der Waals surface area (Å²) in [6.07, 6.45) is 7.00. The van der Waals surface area contributed by atoms with Gasteiger partial charge in [0.05, 0.1) is 24.2 Å². The monoisotopic (exact) mass is 264 g/mol. The van der Waals surface area contributed by atoms with Crippen molar-refractivity contribution in [1.29, 1.82) is 0 Å². The Bertz CT molecular complexity index is 512. The average molecular weight is 265 g/mol. The molecule has 0 spiro atoms. The Kier molecular flexibility index (Phi) is 4.30. The van der Waals surface area contributed by atoms with Crippen LogP contribution in [0.4, 0.5) is 0 Å². The normalized spacial score (nSPS) is 10.3. The number of amides is 1. The summed E-state index contributed by atoms with van der Waals surface area (Å²) in [7, 11) is 0. The van der Waals surface area contributed by atoms with Crippen molar-refractivity contribution in [2.45, 2.75) is 13.0 Å². The van der Waals surface area contributed by atoms with Gasteiger partial charge < -0.3 is 5.32 Å². The van der Waals surface area contributed by atoms with Crippen LogP contribution in [-0.4, -0.2) is 27.2 Å². The lowest BCUT2D eigenvalue weighted by molar-refractivity contribution is -0.120. The van der Waals surface area contributed by atoms with E-state index in [9.17, 15) is 4.79 Å². The number of nitrogens with zero attached hydrogens (tertiary/aromatic N) is 3. The molecule has 0 saturated heterocycles. The van der Waals surface area contributed by atoms with E-state index in [1.54, 1.807) is 29.5 Å². The van der Waals surface area contributed by atoms with Crippen LogP contribution in [0.2, 0.25) is 5.02 Å². The Labute approximate surface area is 110 Å². The highest BCUT2D eigenvalue weighted by Gasteiger charge is 2.02. The van der Waals surface area contributed by atoms with Gasteiger partial charge in [0.1, 0.15) is 0 Å². The van der Waals surface area contributed by atoms with Crippen molar-refractivity contribution in [3.05, 3.63) is 47.5 Å². The summed E-state index contributed by atoms with van der Waals surface area (Å²) in [5.41, 5.74) is 0.900. The highest BCUT2D eigenvalue weighted by atomic mass is 35.5. The van der Waals surface area contributed by atoms with Gasteiger partial charge in [-0.2, -0.15) is 5.10 Å². The smallest absolute Gasteiger partial charge is 0.224 e. The maximum Gasteiger partial charge on any atom is 0.224 e. The summed E-state index contributed by atoms with van der Waals surface area (Å²) in [6, 6.07) is 3.69. The van der Waals surface area contributed by atoms with Crippen molar-refractivity contribution in [3.63, 3.8) is 0 Å². The third-order valence-electron chi connectivity index (χ3n) is 2.35. The minimum absolute atomic E-state index is 0.0266. The van der Waals surface area contributed by atoms with E-state index in [0.29, 0.717) is 24.5 Å². The molecule has 0 atom stereocenters. The molecule has 94 valence electrons. The third kappa shape index (κ3) is 3.85. The summed E-state index contributed by atoms with van der Waals surface area (Å²) < 4.78 is 1.69. The molecule has 2 aromatic heterocycles. The van der Waals surface area contributed by atoms with Gasteiger partial charge in [-0.05, 0) is 11.6 Å². The van der Waals surface area contributed by atoms with E-state index in [-0.39, 0.29) is 5.91 Å². The van der Waals surface area contributed by atoms with Crippen molar-refractivity contribution in [1.82, 2.24) is 20.1 Å². The number of hydrogen-bond donors (Lipinski definition) is 1. The van der Waals surface area contributed by atoms with Crippen LogP contribution in [0.25, 0.3) is 0 Å². The number of carbonyl (C=O) groups excluding carboxylic acids is 1. The molecule has 2 rings (SSSR count). The van der Waals surface area contributed by atoms with Gasteiger partial charge in [-0.25, -0.2) is 0 Å². The van der Waals surface area contributed by atoms with Gasteiger partial charge in [0.2, 0.25) is 5.91 Å². The highest BCUT2D eigenvalue weighted by molar-refractivity contribution is 6.30. The van der Waals surface area contributed by atoms with Crippen LogP contribution in [0.3, 0.4) is 0 Å². The van der Waals surface area contributed by atoms with Crippen LogP contribution < -0.4 is 5.32 Å². The maximum atomic E-state index is 11.6. The molecule has 0 unspecified atom stereocenters. The quantitative estimate of drug-likeness (QED) is 0.885. The molecular formula is C12H13ClN4O. The van der Waals surface area contributed by atoms with E-state index >= 15 is 0 Å². The van der Waals surface area contributed by atoms with E-state index < -0.39 is 0 Å². The third-order valence-corrected chi connectivity index (χ3v) is 2.55. The number of hydrogen-bond acceptors (Lipinski definition) is 3. The lowest BCUT2D eigenvalue weighted by atomic mass is 10.2. The molecular weight excluding hydrogens is 252 g/mol. The molecule has 18 heavy (non-hydrogen) atoms. The van der Waals surface area contributed by atoms with Gasteiger partial charge in [-0.1, -0.05) is 17.7 Å². The molecule has 0 bridgehead atoms. The van der Waals surface area contributed by atoms with Crippen LogP contribution in [0.5, 0.6) is 0 Å². The van der Waals surface area contributed by atoms with E-state index in [0.717, 1.165) is 5.56 Å². The Balaban J connectivity index is 1.72. The predicted octanol–water partition coefficient (Wildman–Crippen LogP) is 1.29. The first kappa shape index (κ1) is 12.6. The molecule has 1 amide bonds. The van der Waals surface area contributed by atoms with E-state index in [1.807, 2.05) is 12.1 Å². The van der Waals surface area contributed by atoms with Crippen LogP contribution in [0.15, 0.2) is 36.9 Å². The number of rotatable bonds is 5. The molecule has 6 heteroatoms. The zero-order valence-corrected chi connectivity index (χ0v) is 10.5. The topological polar surface area (TPSA) is 59.8 Å². The van der Waals surface area contributed by atoms with Crippen LogP contribution in [0.1, 0.15) is 5.56 Å². The van der Waals surface area contributed by atoms with Crippen molar-refractivity contribution < 1.29 is 4.79 Å². The SMILES string of the molecule is O=C(Cc1cccnc1)NCCn1cc(Cl)cn1. The van der Waals surface area contributed by atoms with E-state index in [1.165, 1.54) is 0 Å². The average Bonchev–Trinajstić information content (AvgIpc) is 2.76. The molecule has 2 heterocycles. The first-order valence-electron chi connectivity index (χ1n) is 5.57. The molecule has 0 aliphatic rings. The summed E-state index contributed by atoms with van der Waals surface area (Å²) in [4.78, 5) is 15.6. The Morgan fingerprint density at radius 2 is 2.33 bits per heavy atom. The first-order valence-corrected chi connectivity index (χ1v) is 5.95. The fourth-order valence-electron chi connectivity index (χ4n) is 1.52. The second-order valence-electron chi connectivity index (χ2n) is 3.81. The van der Waals surface area contributed by atoms with Gasteiger partial charge in [-0.15, -0.1) is 0 Å². The fourth-order valence-corrected chi connectivity index (χ4v) is 1.68. The first-order chi connectivity index (χ1) is 8.74. The van der Waals surface area contributed by atoms with Gasteiger partial charge in [-0.3, -0.25) is 14.5 Å². The molecule has 1 N–H and O–H groups in total. The van der Waals surface area contributed by atoms with Crippen LogP contribution >= 0.6 is 11.6 Å². The van der Waals surface area contributed by atoms with Crippen molar-refractivity contribution >= 4 is 17.5 Å². The largest absolute Gasteiger partial charge is 0.354 e. The molecule has 0 radical (unpaired) electrons. The minimum atomic E-state index is -0.0266. The van der Waals surface area contributed by atoms with Gasteiger partial charge in [0.15, 0.2) is 0 Å². The van der Waals surface area contributed by atoms with Crippen LogP contribution in [0, 0.1) is 0 Å². The lowest BCUT2D eigenvalue weighted by Gasteiger charge is -2.05. The molecule has 0 fully saturated rings. The minimum Gasteiger partial charge on any atom is -0.354 e. The molecule has 0 saturated carbocycles. The van der Waals surface area contributed by atoms with E-state index in [2.05, 4.69) is 15.4 Å². The summed E-state index contributed by atoms with van der Waals surface area (Å²) in [6.45, 7) is 1.13. The van der Waals surface area contributed by atoms with Crippen molar-refractivity contribution in [2.24, 2.45) is 0 Å². The second kappa shape index (κ2) is 6.16. The number of pyridine rings is 1. The van der Waals surface area contributed by atoms with Crippen molar-refractivity contribution in [3.8, 4) is 0 Å². The molecule has 2 aromatic rings. The Hall–Kier alpha value is -1.88. The van der Waals surface area contributed by atoms with E-state index in [4.69, 9.17) is 11.6 Å². The number of carbonyl (C=O) groups is 1. The summed E-state index contributed by atoms with van der Waals surface area (Å²) in [5, 5.41) is 7.43. The highest BCUT2D eigenvalue weighted by Crippen LogP contribution is 2.03. The predicted molar refractivity (Wildman–Crippen MR) is 68.2 cm³/mol. The Morgan fingerprint density at radius 3 is 3.00 bits per heavy atom. The number of aromatic nitrogens is 3. The number of nitrogens with one attached hydrogen (secondary N) is 1. The lowest BCUT2D eigenvalue weighted by Crippen LogP contribution is -2.28. The molecule has 0 aliphatic carbocycles. The zero-order valence-electron chi connectivity index (χ0n) is 9.71. The standard InChI is InChI=1S/C12H13ClN4O/c13-11-8-16-17(9-11)5-4-15-12(18)6-10-2-1-3-14-7-10/h1-3,7-9H,4-6H2,(H,15,18). The second-order valence-corrected chi connectivity index (χ2v) is 4.25. The summed E-state index contributed by atoms with van der Waals surface area (Å²) in [5.74, 6) is -0.0266. The van der Waals surface area contributed by atoms with Gasteiger partial charge in [0, 0.05) is 25.1 Å². The van der Waals surface area contributed by atoms with Gasteiger partial charge >= 0.3 is 0 Å². The number of halogens is 1. The van der Waals surface area contributed by atoms with Crippen LogP contribution in [-0.2, 0) is 17.8 Å². The zero-order chi connectivity index (χ0) is 12.8. The van der Waals surface area contributed by atoms with Crippen molar-refractivity contribution in [2.75, 3.05) is 6.54 Å². The Morgan fingerprint density at radius 1 is 1.44 bits per heavy atom. The molecule has 0 aliphatic heterocycles. The molecule has 5 nitrogen and oxygen atoms in total. The van der Waals surface area contributed by atoms with Gasteiger partial charge in [0.25, 0.3) is 0 Å². The molecule has 0 aromatic carbocycles. The summed E-state index contributed by atoms with van der Waals surface area (Å²) >= 11 is 5.73. The fraction of sp³-hybridized carbons (Fsp3) is 0.250.